The van der Waals surface area contributed by atoms with Crippen molar-refractivity contribution in [2.75, 3.05) is 17.1 Å². The molecule has 10 heteroatoms. The molecular formula is C11H9Cl3N4O2S. The van der Waals surface area contributed by atoms with Crippen molar-refractivity contribution < 1.29 is 8.42 Å². The van der Waals surface area contributed by atoms with E-state index in [4.69, 9.17) is 34.8 Å². The third-order valence-corrected chi connectivity index (χ3v) is 4.77. The molecule has 0 unspecified atom stereocenters. The highest BCUT2D eigenvalue weighted by atomic mass is 35.5. The zero-order valence-electron chi connectivity index (χ0n) is 10.6. The molecule has 0 aliphatic carbocycles. The Morgan fingerprint density at radius 1 is 1.00 bits per heavy atom. The zero-order valence-corrected chi connectivity index (χ0v) is 13.6. The molecule has 0 radical (unpaired) electrons. The molecule has 2 aromatic rings. The van der Waals surface area contributed by atoms with Gasteiger partial charge >= 0.3 is 0 Å². The fourth-order valence-electron chi connectivity index (χ4n) is 1.39. The van der Waals surface area contributed by atoms with Crippen molar-refractivity contribution in [2.45, 2.75) is 4.90 Å². The first-order chi connectivity index (χ1) is 9.83. The molecule has 0 atom stereocenters. The van der Waals surface area contributed by atoms with Crippen molar-refractivity contribution in [3.05, 3.63) is 39.6 Å². The van der Waals surface area contributed by atoms with E-state index >= 15 is 0 Å². The van der Waals surface area contributed by atoms with Gasteiger partial charge in [-0.1, -0.05) is 34.8 Å². The topological polar surface area (TPSA) is 84.0 Å². The third kappa shape index (κ3) is 3.68. The van der Waals surface area contributed by atoms with Gasteiger partial charge in [-0.05, 0) is 12.1 Å². The van der Waals surface area contributed by atoms with E-state index in [9.17, 15) is 8.42 Å². The number of nitrogens with one attached hydrogen (secondary N) is 2. The van der Waals surface area contributed by atoms with Gasteiger partial charge in [0.2, 0.25) is 5.95 Å². The second kappa shape index (κ2) is 6.23. The van der Waals surface area contributed by atoms with E-state index in [1.54, 1.807) is 7.05 Å². The van der Waals surface area contributed by atoms with Crippen LogP contribution in [0.4, 0.5) is 11.6 Å². The van der Waals surface area contributed by atoms with Gasteiger partial charge in [0.15, 0.2) is 0 Å². The number of sulfonamides is 1. The first-order valence-electron chi connectivity index (χ1n) is 5.50. The number of hydrogen-bond donors (Lipinski definition) is 2. The summed E-state index contributed by atoms with van der Waals surface area (Å²) >= 11 is 17.6. The first-order valence-corrected chi connectivity index (χ1v) is 8.12. The Morgan fingerprint density at radius 3 is 2.14 bits per heavy atom. The van der Waals surface area contributed by atoms with Crippen molar-refractivity contribution in [1.82, 2.24) is 9.97 Å². The molecular weight excluding hydrogens is 359 g/mol. The standard InChI is InChI=1S/C11H9Cl3N4O2S/c1-15-11-16-4-6(5-17-11)21(19,20)18-10-3-8(13)7(12)2-9(10)14/h2-5,18H,1H3,(H,15,16,17). The molecule has 0 fully saturated rings. The third-order valence-electron chi connectivity index (χ3n) is 2.42. The Bertz CT molecular complexity index is 766. The van der Waals surface area contributed by atoms with E-state index in [0.717, 1.165) is 0 Å². The molecule has 1 heterocycles. The summed E-state index contributed by atoms with van der Waals surface area (Å²) in [6.45, 7) is 0. The highest BCUT2D eigenvalue weighted by molar-refractivity contribution is 7.92. The fraction of sp³-hybridized carbons (Fsp3) is 0.0909. The maximum absolute atomic E-state index is 12.2. The van der Waals surface area contributed by atoms with Crippen molar-refractivity contribution in [1.29, 1.82) is 0 Å². The second-order valence-corrected chi connectivity index (χ2v) is 6.75. The van der Waals surface area contributed by atoms with Crippen LogP contribution in [0, 0.1) is 0 Å². The molecule has 21 heavy (non-hydrogen) atoms. The minimum Gasteiger partial charge on any atom is -0.357 e. The summed E-state index contributed by atoms with van der Waals surface area (Å²) in [4.78, 5) is 7.57. The van der Waals surface area contributed by atoms with Gasteiger partial charge in [-0.15, -0.1) is 0 Å². The quantitative estimate of drug-likeness (QED) is 0.810. The van der Waals surface area contributed by atoms with Gasteiger partial charge < -0.3 is 5.32 Å². The maximum Gasteiger partial charge on any atom is 0.265 e. The van der Waals surface area contributed by atoms with Crippen molar-refractivity contribution in [2.24, 2.45) is 0 Å². The minimum absolute atomic E-state index is 0.108. The predicted molar refractivity (Wildman–Crippen MR) is 83.9 cm³/mol. The molecule has 6 nitrogen and oxygen atoms in total. The molecule has 2 rings (SSSR count). The molecule has 112 valence electrons. The summed E-state index contributed by atoms with van der Waals surface area (Å²) in [5.41, 5.74) is 0.115. The van der Waals surface area contributed by atoms with Crippen LogP contribution < -0.4 is 10.0 Å². The highest BCUT2D eigenvalue weighted by Gasteiger charge is 2.18. The summed E-state index contributed by atoms with van der Waals surface area (Å²) in [6, 6.07) is 2.68. The molecule has 1 aromatic heterocycles. The normalized spacial score (nSPS) is 11.2. The van der Waals surface area contributed by atoms with Crippen LogP contribution in [0.2, 0.25) is 15.1 Å². The lowest BCUT2D eigenvalue weighted by Crippen LogP contribution is -2.14. The Labute approximate surface area is 136 Å². The van der Waals surface area contributed by atoms with Crippen LogP contribution in [-0.2, 0) is 10.0 Å². The minimum atomic E-state index is -3.88. The van der Waals surface area contributed by atoms with Gasteiger partial charge in [-0.25, -0.2) is 18.4 Å². The molecule has 0 aliphatic heterocycles. The molecule has 0 bridgehead atoms. The van der Waals surface area contributed by atoms with E-state index in [0.29, 0.717) is 5.95 Å². The van der Waals surface area contributed by atoms with Crippen molar-refractivity contribution >= 4 is 56.5 Å². The van der Waals surface area contributed by atoms with Crippen LogP contribution in [0.15, 0.2) is 29.4 Å². The van der Waals surface area contributed by atoms with Gasteiger partial charge in [0.25, 0.3) is 10.0 Å². The van der Waals surface area contributed by atoms with Gasteiger partial charge in [-0.3, -0.25) is 4.72 Å². The molecule has 0 aliphatic rings. The fourth-order valence-corrected chi connectivity index (χ4v) is 3.00. The van der Waals surface area contributed by atoms with Gasteiger partial charge in [0.1, 0.15) is 4.90 Å². The summed E-state index contributed by atoms with van der Waals surface area (Å²) in [6.07, 6.45) is 2.35. The Kier molecular flexibility index (Phi) is 4.77. The molecule has 0 saturated heterocycles. The lowest BCUT2D eigenvalue weighted by Gasteiger charge is -2.10. The molecule has 1 aromatic carbocycles. The number of benzene rings is 1. The monoisotopic (exact) mass is 366 g/mol. The predicted octanol–water partition coefficient (Wildman–Crippen LogP) is 3.28. The lowest BCUT2D eigenvalue weighted by atomic mass is 10.3. The molecule has 0 saturated carbocycles. The van der Waals surface area contributed by atoms with Crippen molar-refractivity contribution in [3.8, 4) is 0 Å². The van der Waals surface area contributed by atoms with Crippen LogP contribution in [0.1, 0.15) is 0 Å². The smallest absolute Gasteiger partial charge is 0.265 e. The number of hydrogen-bond acceptors (Lipinski definition) is 5. The molecule has 0 amide bonds. The zero-order chi connectivity index (χ0) is 15.6. The number of halogens is 3. The van der Waals surface area contributed by atoms with Crippen LogP contribution in [-0.4, -0.2) is 25.4 Å². The van der Waals surface area contributed by atoms with Crippen LogP contribution in [0.5, 0.6) is 0 Å². The largest absolute Gasteiger partial charge is 0.357 e. The Morgan fingerprint density at radius 2 is 1.57 bits per heavy atom. The highest BCUT2D eigenvalue weighted by Crippen LogP contribution is 2.33. The SMILES string of the molecule is CNc1ncc(S(=O)(=O)Nc2cc(Cl)c(Cl)cc2Cl)cn1. The van der Waals surface area contributed by atoms with E-state index in [2.05, 4.69) is 20.0 Å². The second-order valence-electron chi connectivity index (χ2n) is 3.84. The first kappa shape index (κ1) is 16.1. The molecule has 2 N–H and O–H groups in total. The van der Waals surface area contributed by atoms with E-state index in [-0.39, 0.29) is 25.7 Å². The molecule has 0 spiro atoms. The van der Waals surface area contributed by atoms with Crippen molar-refractivity contribution in [3.63, 3.8) is 0 Å². The number of rotatable bonds is 4. The lowest BCUT2D eigenvalue weighted by molar-refractivity contribution is 0.600. The Balaban J connectivity index is 2.34. The van der Waals surface area contributed by atoms with Gasteiger partial charge in [0.05, 0.1) is 33.1 Å². The van der Waals surface area contributed by atoms with E-state index in [1.807, 2.05) is 0 Å². The maximum atomic E-state index is 12.2. The van der Waals surface area contributed by atoms with E-state index in [1.165, 1.54) is 24.5 Å². The van der Waals surface area contributed by atoms with Crippen LogP contribution in [0.3, 0.4) is 0 Å². The Hall–Kier alpha value is -1.28. The van der Waals surface area contributed by atoms with Crippen LogP contribution >= 0.6 is 34.8 Å². The summed E-state index contributed by atoms with van der Waals surface area (Å²) in [7, 11) is -2.26. The average Bonchev–Trinajstić information content (AvgIpc) is 2.44. The van der Waals surface area contributed by atoms with Crippen LogP contribution in [0.25, 0.3) is 0 Å². The van der Waals surface area contributed by atoms with Gasteiger partial charge in [-0.2, -0.15) is 0 Å². The van der Waals surface area contributed by atoms with E-state index < -0.39 is 10.0 Å². The summed E-state index contributed by atoms with van der Waals surface area (Å²) in [5, 5.41) is 3.22. The number of anilines is 2. The average molecular weight is 368 g/mol. The number of nitrogens with zero attached hydrogens (tertiary/aromatic N) is 2. The van der Waals surface area contributed by atoms with Gasteiger partial charge in [0, 0.05) is 7.05 Å². The number of aromatic nitrogens is 2. The summed E-state index contributed by atoms with van der Waals surface area (Å²) in [5.74, 6) is 0.307. The summed E-state index contributed by atoms with van der Waals surface area (Å²) < 4.78 is 26.7.